The first-order valence-electron chi connectivity index (χ1n) is 6.11. The molecule has 1 aliphatic rings. The lowest BCUT2D eigenvalue weighted by molar-refractivity contribution is 0.0234. The highest BCUT2D eigenvalue weighted by molar-refractivity contribution is 7.10. The van der Waals surface area contributed by atoms with E-state index in [2.05, 4.69) is 6.92 Å². The van der Waals surface area contributed by atoms with Crippen LogP contribution in [0.1, 0.15) is 50.3 Å². The van der Waals surface area contributed by atoms with Crippen LogP contribution < -0.4 is 0 Å². The Bertz CT molecular complexity index is 349. The van der Waals surface area contributed by atoms with E-state index in [1.54, 1.807) is 11.3 Å². The Labute approximate surface area is 106 Å². The van der Waals surface area contributed by atoms with Crippen molar-refractivity contribution in [3.63, 3.8) is 0 Å². The maximum Gasteiger partial charge on any atom is 0.100 e. The number of rotatable bonds is 2. The van der Waals surface area contributed by atoms with E-state index in [-0.39, 0.29) is 0 Å². The molecule has 0 radical (unpaired) electrons. The maximum absolute atomic E-state index is 10.7. The van der Waals surface area contributed by atoms with Gasteiger partial charge in [0.1, 0.15) is 5.60 Å². The van der Waals surface area contributed by atoms with E-state index in [0.717, 1.165) is 41.5 Å². The van der Waals surface area contributed by atoms with Gasteiger partial charge in [0.05, 0.1) is 9.90 Å². The zero-order chi connectivity index (χ0) is 11.6. The Balaban J connectivity index is 2.16. The van der Waals surface area contributed by atoms with E-state index in [1.165, 1.54) is 12.8 Å². The summed E-state index contributed by atoms with van der Waals surface area (Å²) in [5, 5.41) is 13.4. The molecule has 1 aromatic heterocycles. The van der Waals surface area contributed by atoms with Crippen molar-refractivity contribution in [2.75, 3.05) is 0 Å². The molecule has 0 aromatic carbocycles. The van der Waals surface area contributed by atoms with Gasteiger partial charge in [0.15, 0.2) is 0 Å². The van der Waals surface area contributed by atoms with Gasteiger partial charge in [0.2, 0.25) is 0 Å². The van der Waals surface area contributed by atoms with Crippen molar-refractivity contribution in [2.45, 2.75) is 51.0 Å². The third-order valence-corrected chi connectivity index (χ3v) is 5.32. The molecule has 16 heavy (non-hydrogen) atoms. The third kappa shape index (κ3) is 2.44. The summed E-state index contributed by atoms with van der Waals surface area (Å²) < 4.78 is 0. The van der Waals surface area contributed by atoms with Crippen LogP contribution in [0.5, 0.6) is 0 Å². The lowest BCUT2D eigenvalue weighted by atomic mass is 9.91. The Morgan fingerprint density at radius 2 is 2.31 bits per heavy atom. The van der Waals surface area contributed by atoms with Gasteiger partial charge in [0, 0.05) is 0 Å². The van der Waals surface area contributed by atoms with Crippen LogP contribution >= 0.6 is 22.9 Å². The van der Waals surface area contributed by atoms with Gasteiger partial charge in [-0.1, -0.05) is 31.4 Å². The van der Waals surface area contributed by atoms with E-state index < -0.39 is 5.60 Å². The van der Waals surface area contributed by atoms with Gasteiger partial charge in [-0.15, -0.1) is 11.3 Å². The Morgan fingerprint density at radius 1 is 1.50 bits per heavy atom. The zero-order valence-corrected chi connectivity index (χ0v) is 11.3. The van der Waals surface area contributed by atoms with Crippen molar-refractivity contribution in [1.82, 2.24) is 0 Å². The number of hydrogen-bond donors (Lipinski definition) is 1. The Morgan fingerprint density at radius 3 is 2.94 bits per heavy atom. The minimum Gasteiger partial charge on any atom is -0.384 e. The van der Waals surface area contributed by atoms with E-state index in [4.69, 9.17) is 11.6 Å². The monoisotopic (exact) mass is 258 g/mol. The number of aliphatic hydroxyl groups is 1. The summed E-state index contributed by atoms with van der Waals surface area (Å²) in [5.41, 5.74) is -0.658. The molecule has 1 N–H and O–H groups in total. The molecule has 90 valence electrons. The van der Waals surface area contributed by atoms with Crippen LogP contribution in [-0.4, -0.2) is 5.11 Å². The molecule has 1 saturated carbocycles. The summed E-state index contributed by atoms with van der Waals surface area (Å²) >= 11 is 7.73. The molecule has 1 nitrogen and oxygen atoms in total. The molecule has 0 spiro atoms. The van der Waals surface area contributed by atoms with Crippen molar-refractivity contribution in [3.05, 3.63) is 21.3 Å². The lowest BCUT2D eigenvalue weighted by Gasteiger charge is -2.26. The average Bonchev–Trinajstić information content (AvgIpc) is 2.60. The van der Waals surface area contributed by atoms with E-state index in [1.807, 2.05) is 11.4 Å². The highest BCUT2D eigenvalue weighted by Gasteiger charge is 2.34. The SMILES string of the molecule is CCC1CCCC(O)(c2sccc2Cl)CC1. The second kappa shape index (κ2) is 5.07. The molecule has 0 bridgehead atoms. The van der Waals surface area contributed by atoms with E-state index >= 15 is 0 Å². The number of hydrogen-bond acceptors (Lipinski definition) is 2. The van der Waals surface area contributed by atoms with Crippen molar-refractivity contribution < 1.29 is 5.11 Å². The quantitative estimate of drug-likeness (QED) is 0.770. The molecule has 3 heteroatoms. The Kier molecular flexibility index (Phi) is 3.93. The molecule has 2 unspecified atom stereocenters. The minimum absolute atomic E-state index is 0.658. The van der Waals surface area contributed by atoms with Crippen LogP contribution in [0.3, 0.4) is 0 Å². The van der Waals surface area contributed by atoms with Crippen molar-refractivity contribution in [3.8, 4) is 0 Å². The molecular weight excluding hydrogens is 240 g/mol. The number of thiophene rings is 1. The fourth-order valence-corrected chi connectivity index (χ4v) is 4.05. The highest BCUT2D eigenvalue weighted by Crippen LogP contribution is 2.43. The molecule has 1 aliphatic carbocycles. The van der Waals surface area contributed by atoms with Crippen LogP contribution in [0.4, 0.5) is 0 Å². The lowest BCUT2D eigenvalue weighted by Crippen LogP contribution is -2.23. The summed E-state index contributed by atoms with van der Waals surface area (Å²) in [6.07, 6.45) is 6.45. The van der Waals surface area contributed by atoms with Crippen LogP contribution in [0.15, 0.2) is 11.4 Å². The summed E-state index contributed by atoms with van der Waals surface area (Å²) in [6, 6.07) is 1.89. The summed E-state index contributed by atoms with van der Waals surface area (Å²) in [6.45, 7) is 2.24. The first-order valence-corrected chi connectivity index (χ1v) is 7.37. The number of halogens is 1. The first-order chi connectivity index (χ1) is 7.65. The molecular formula is C13H19ClOS. The summed E-state index contributed by atoms with van der Waals surface area (Å²) in [5.74, 6) is 0.785. The molecule has 0 saturated heterocycles. The van der Waals surface area contributed by atoms with Gasteiger partial charge in [-0.2, -0.15) is 0 Å². The second-order valence-electron chi connectivity index (χ2n) is 4.83. The van der Waals surface area contributed by atoms with Gasteiger partial charge in [-0.25, -0.2) is 0 Å². The van der Waals surface area contributed by atoms with Crippen LogP contribution in [0.25, 0.3) is 0 Å². The predicted octanol–water partition coefficient (Wildman–Crippen LogP) is 4.58. The fraction of sp³-hybridized carbons (Fsp3) is 0.692. The van der Waals surface area contributed by atoms with Crippen LogP contribution in [0, 0.1) is 5.92 Å². The van der Waals surface area contributed by atoms with E-state index in [0.29, 0.717) is 0 Å². The molecule has 0 amide bonds. The molecule has 2 atom stereocenters. The van der Waals surface area contributed by atoms with Crippen LogP contribution in [-0.2, 0) is 5.60 Å². The van der Waals surface area contributed by atoms with E-state index in [9.17, 15) is 5.11 Å². The minimum atomic E-state index is -0.658. The zero-order valence-electron chi connectivity index (χ0n) is 9.71. The van der Waals surface area contributed by atoms with Crippen molar-refractivity contribution in [1.29, 1.82) is 0 Å². The first kappa shape index (κ1) is 12.4. The molecule has 0 aliphatic heterocycles. The van der Waals surface area contributed by atoms with Crippen molar-refractivity contribution >= 4 is 22.9 Å². The predicted molar refractivity (Wildman–Crippen MR) is 70.1 cm³/mol. The fourth-order valence-electron chi connectivity index (χ4n) is 2.66. The molecule has 1 fully saturated rings. The van der Waals surface area contributed by atoms with Gasteiger partial charge in [-0.3, -0.25) is 0 Å². The van der Waals surface area contributed by atoms with Crippen molar-refractivity contribution in [2.24, 2.45) is 5.92 Å². The normalized spacial score (nSPS) is 31.3. The Hall–Kier alpha value is -0.0500. The summed E-state index contributed by atoms with van der Waals surface area (Å²) in [4.78, 5) is 0.978. The standard InChI is InChI=1S/C13H19ClOS/c1-2-10-4-3-7-13(15,8-5-10)12-11(14)6-9-16-12/h6,9-10,15H,2-5,7-8H2,1H3. The smallest absolute Gasteiger partial charge is 0.100 e. The van der Waals surface area contributed by atoms with Gasteiger partial charge < -0.3 is 5.11 Å². The van der Waals surface area contributed by atoms with Gasteiger partial charge >= 0.3 is 0 Å². The highest BCUT2D eigenvalue weighted by atomic mass is 35.5. The molecule has 2 rings (SSSR count). The maximum atomic E-state index is 10.7. The average molecular weight is 259 g/mol. The summed E-state index contributed by atoms with van der Waals surface area (Å²) in [7, 11) is 0. The van der Waals surface area contributed by atoms with Crippen LogP contribution in [0.2, 0.25) is 5.02 Å². The van der Waals surface area contributed by atoms with Gasteiger partial charge in [0.25, 0.3) is 0 Å². The second-order valence-corrected chi connectivity index (χ2v) is 6.16. The molecule has 1 aromatic rings. The largest absolute Gasteiger partial charge is 0.384 e. The topological polar surface area (TPSA) is 20.2 Å². The molecule has 1 heterocycles. The third-order valence-electron chi connectivity index (χ3n) is 3.79. The van der Waals surface area contributed by atoms with Gasteiger partial charge in [-0.05, 0) is 43.0 Å².